The minimum absolute atomic E-state index is 0.568. The van der Waals surface area contributed by atoms with E-state index in [0.717, 1.165) is 30.4 Å². The summed E-state index contributed by atoms with van der Waals surface area (Å²) in [5, 5.41) is 10.9. The van der Waals surface area contributed by atoms with Crippen molar-refractivity contribution in [3.05, 3.63) is 77.2 Å². The van der Waals surface area contributed by atoms with Gasteiger partial charge in [0.05, 0.1) is 6.54 Å². The number of aryl methyl sites for hydroxylation is 2. The Morgan fingerprint density at radius 1 is 1.11 bits per heavy atom. The van der Waals surface area contributed by atoms with Crippen molar-refractivity contribution in [1.82, 2.24) is 25.4 Å². The minimum atomic E-state index is 0.568. The molecule has 27 heavy (non-hydrogen) atoms. The molecule has 2 aromatic heterocycles. The van der Waals surface area contributed by atoms with Gasteiger partial charge in [-0.3, -0.25) is 0 Å². The molecule has 0 saturated carbocycles. The fraction of sp³-hybridized carbons (Fsp3) is 0.286. The molecule has 0 unspecified atom stereocenters. The lowest BCUT2D eigenvalue weighted by Gasteiger charge is -2.13. The van der Waals surface area contributed by atoms with E-state index in [1.807, 2.05) is 24.4 Å². The molecule has 0 saturated heterocycles. The second kappa shape index (κ2) is 8.98. The second-order valence-corrected chi connectivity index (χ2v) is 6.45. The summed E-state index contributed by atoms with van der Waals surface area (Å²) in [6, 6.07) is 12.4. The second-order valence-electron chi connectivity index (χ2n) is 6.45. The number of hydrogen-bond acceptors (Lipinski definition) is 3. The number of guanidine groups is 1. The van der Waals surface area contributed by atoms with E-state index in [0.29, 0.717) is 6.54 Å². The number of nitrogens with one attached hydrogen (secondary N) is 2. The van der Waals surface area contributed by atoms with Gasteiger partial charge in [0.2, 0.25) is 0 Å². The van der Waals surface area contributed by atoms with E-state index in [9.17, 15) is 0 Å². The molecule has 0 atom stereocenters. The van der Waals surface area contributed by atoms with Crippen LogP contribution in [0.5, 0.6) is 0 Å². The van der Waals surface area contributed by atoms with E-state index in [4.69, 9.17) is 4.99 Å². The van der Waals surface area contributed by atoms with E-state index < -0.39 is 0 Å². The van der Waals surface area contributed by atoms with Crippen molar-refractivity contribution in [2.75, 3.05) is 6.54 Å². The van der Waals surface area contributed by atoms with Crippen molar-refractivity contribution in [3.63, 3.8) is 0 Å². The summed E-state index contributed by atoms with van der Waals surface area (Å²) < 4.78 is 1.75. The van der Waals surface area contributed by atoms with Crippen LogP contribution in [0.25, 0.3) is 5.82 Å². The van der Waals surface area contributed by atoms with Crippen molar-refractivity contribution in [3.8, 4) is 5.82 Å². The van der Waals surface area contributed by atoms with Gasteiger partial charge in [0.25, 0.3) is 0 Å². The number of aliphatic imine (C=N–C) groups is 1. The van der Waals surface area contributed by atoms with Crippen LogP contribution in [0.3, 0.4) is 0 Å². The lowest BCUT2D eigenvalue weighted by Crippen LogP contribution is -2.36. The summed E-state index contributed by atoms with van der Waals surface area (Å²) in [5.74, 6) is 1.59. The first-order chi connectivity index (χ1) is 13.2. The van der Waals surface area contributed by atoms with E-state index in [1.54, 1.807) is 17.1 Å². The number of rotatable bonds is 6. The van der Waals surface area contributed by atoms with Gasteiger partial charge < -0.3 is 10.6 Å². The van der Waals surface area contributed by atoms with Crippen LogP contribution < -0.4 is 10.6 Å². The smallest absolute Gasteiger partial charge is 0.191 e. The van der Waals surface area contributed by atoms with Crippen molar-refractivity contribution < 1.29 is 0 Å². The van der Waals surface area contributed by atoms with Crippen LogP contribution in [0.15, 0.2) is 60.0 Å². The minimum Gasteiger partial charge on any atom is -0.357 e. The average molecular weight is 362 g/mol. The van der Waals surface area contributed by atoms with Crippen LogP contribution in [-0.2, 0) is 13.1 Å². The normalized spacial score (nSPS) is 11.4. The third-order valence-corrected chi connectivity index (χ3v) is 4.26. The molecule has 140 valence electrons. The van der Waals surface area contributed by atoms with Gasteiger partial charge in [-0.25, -0.2) is 14.7 Å². The van der Waals surface area contributed by atoms with Gasteiger partial charge in [0.15, 0.2) is 11.8 Å². The Morgan fingerprint density at radius 2 is 2.00 bits per heavy atom. The Balaban J connectivity index is 1.67. The lowest BCUT2D eigenvalue weighted by atomic mass is 10.1. The molecule has 1 aromatic carbocycles. The van der Waals surface area contributed by atoms with E-state index in [-0.39, 0.29) is 0 Å². The highest BCUT2D eigenvalue weighted by Gasteiger charge is 2.03. The Hall–Kier alpha value is -3.15. The SMILES string of the molecule is CCNC(=NCc1ccnc(-n2cccn2)c1)NCc1ccc(C)cc1C. The Kier molecular flexibility index (Phi) is 6.20. The molecule has 2 N–H and O–H groups in total. The zero-order valence-electron chi connectivity index (χ0n) is 16.1. The van der Waals surface area contributed by atoms with Crippen LogP contribution in [0.2, 0.25) is 0 Å². The van der Waals surface area contributed by atoms with E-state index >= 15 is 0 Å². The number of hydrogen-bond donors (Lipinski definition) is 2. The summed E-state index contributed by atoms with van der Waals surface area (Å²) in [5.41, 5.74) is 4.93. The highest BCUT2D eigenvalue weighted by molar-refractivity contribution is 5.79. The standard InChI is InChI=1S/C21H26N6/c1-4-22-21(25-15-19-7-6-16(2)12-17(19)3)24-14-18-8-10-23-20(13-18)27-11-5-9-26-27/h5-13H,4,14-15H2,1-3H3,(H2,22,24,25). The maximum atomic E-state index is 4.71. The first-order valence-electron chi connectivity index (χ1n) is 9.19. The monoisotopic (exact) mass is 362 g/mol. The molecule has 0 aliphatic heterocycles. The summed E-state index contributed by atoms with van der Waals surface area (Å²) in [6.45, 7) is 8.44. The first-order valence-corrected chi connectivity index (χ1v) is 9.19. The number of aromatic nitrogens is 3. The van der Waals surface area contributed by atoms with E-state index in [2.05, 4.69) is 59.7 Å². The number of pyridine rings is 1. The predicted octanol–water partition coefficient (Wildman–Crippen LogP) is 3.14. The largest absolute Gasteiger partial charge is 0.357 e. The maximum Gasteiger partial charge on any atom is 0.191 e. The summed E-state index contributed by atoms with van der Waals surface area (Å²) in [6.07, 6.45) is 5.41. The van der Waals surface area contributed by atoms with Gasteiger partial charge in [-0.1, -0.05) is 23.8 Å². The van der Waals surface area contributed by atoms with Crippen LogP contribution in [0, 0.1) is 13.8 Å². The summed E-state index contributed by atoms with van der Waals surface area (Å²) in [4.78, 5) is 9.06. The Labute approximate surface area is 160 Å². The highest BCUT2D eigenvalue weighted by atomic mass is 15.3. The number of nitrogens with zero attached hydrogens (tertiary/aromatic N) is 4. The third-order valence-electron chi connectivity index (χ3n) is 4.26. The zero-order chi connectivity index (χ0) is 19.1. The summed E-state index contributed by atoms with van der Waals surface area (Å²) in [7, 11) is 0. The molecule has 6 heteroatoms. The molecule has 3 rings (SSSR count). The molecule has 0 bridgehead atoms. The van der Waals surface area contributed by atoms with Crippen molar-refractivity contribution in [1.29, 1.82) is 0 Å². The van der Waals surface area contributed by atoms with Crippen LogP contribution >= 0.6 is 0 Å². The van der Waals surface area contributed by atoms with Gasteiger partial charge in [0, 0.05) is 31.7 Å². The molecule has 6 nitrogen and oxygen atoms in total. The van der Waals surface area contributed by atoms with Gasteiger partial charge in [-0.15, -0.1) is 0 Å². The van der Waals surface area contributed by atoms with Crippen LogP contribution in [-0.4, -0.2) is 27.3 Å². The van der Waals surface area contributed by atoms with Crippen LogP contribution in [0.4, 0.5) is 0 Å². The Morgan fingerprint density at radius 3 is 2.74 bits per heavy atom. The zero-order valence-corrected chi connectivity index (χ0v) is 16.1. The highest BCUT2D eigenvalue weighted by Crippen LogP contribution is 2.10. The average Bonchev–Trinajstić information content (AvgIpc) is 3.20. The molecule has 0 aliphatic carbocycles. The topological polar surface area (TPSA) is 67.1 Å². The molecule has 0 radical (unpaired) electrons. The quantitative estimate of drug-likeness (QED) is 0.522. The molecule has 2 heterocycles. The van der Waals surface area contributed by atoms with Gasteiger partial charge in [0.1, 0.15) is 0 Å². The molecular weight excluding hydrogens is 336 g/mol. The Bertz CT molecular complexity index is 899. The third kappa shape index (κ3) is 5.17. The fourth-order valence-electron chi connectivity index (χ4n) is 2.82. The fourth-order valence-corrected chi connectivity index (χ4v) is 2.82. The van der Waals surface area contributed by atoms with Gasteiger partial charge in [-0.2, -0.15) is 5.10 Å². The van der Waals surface area contributed by atoms with Gasteiger partial charge in [-0.05, 0) is 55.7 Å². The molecule has 0 amide bonds. The molecule has 0 fully saturated rings. The van der Waals surface area contributed by atoms with Crippen molar-refractivity contribution in [2.45, 2.75) is 33.9 Å². The maximum absolute atomic E-state index is 4.71. The molecule has 0 aliphatic rings. The lowest BCUT2D eigenvalue weighted by molar-refractivity contribution is 0.809. The molecular formula is C21H26N6. The predicted molar refractivity (Wildman–Crippen MR) is 109 cm³/mol. The van der Waals surface area contributed by atoms with E-state index in [1.165, 1.54) is 16.7 Å². The van der Waals surface area contributed by atoms with Gasteiger partial charge >= 0.3 is 0 Å². The van der Waals surface area contributed by atoms with Crippen molar-refractivity contribution >= 4 is 5.96 Å². The van der Waals surface area contributed by atoms with Crippen LogP contribution in [0.1, 0.15) is 29.2 Å². The first kappa shape index (κ1) is 18.6. The number of benzene rings is 1. The molecule has 0 spiro atoms. The van der Waals surface area contributed by atoms with Crippen molar-refractivity contribution in [2.24, 2.45) is 4.99 Å². The summed E-state index contributed by atoms with van der Waals surface area (Å²) >= 11 is 0. The molecule has 3 aromatic rings.